The number of fused-ring (bicyclic) bond motifs is 3. The minimum atomic E-state index is -0.0314. The first kappa shape index (κ1) is 41.3. The third-order valence-corrected chi connectivity index (χ3v) is 10.8. The van der Waals surface area contributed by atoms with Gasteiger partial charge in [0.1, 0.15) is 5.82 Å². The Balaban J connectivity index is 0.00000264. The molecule has 0 bridgehead atoms. The van der Waals surface area contributed by atoms with Crippen molar-refractivity contribution in [3.05, 3.63) is 194 Å². The second kappa shape index (κ2) is 16.4. The zero-order valence-electron chi connectivity index (χ0n) is 34.7. The molecule has 0 radical (unpaired) electrons. The minimum Gasteiger partial charge on any atom is -0.509 e. The zero-order chi connectivity index (χ0) is 39.3. The molecule has 6 aromatic carbocycles. The first-order valence-corrected chi connectivity index (χ1v) is 19.6. The third kappa shape index (κ3) is 8.22. The van der Waals surface area contributed by atoms with E-state index in [1.165, 1.54) is 22.3 Å². The number of hydrogen-bond acceptors (Lipinski definition) is 4. The predicted octanol–water partition coefficient (Wildman–Crippen LogP) is 13.6. The van der Waals surface area contributed by atoms with E-state index in [2.05, 4.69) is 202 Å². The molecule has 3 heterocycles. The quantitative estimate of drug-likeness (QED) is 0.149. The van der Waals surface area contributed by atoms with Crippen molar-refractivity contribution in [1.29, 1.82) is 0 Å². The van der Waals surface area contributed by atoms with Crippen LogP contribution in [0.4, 0.5) is 11.4 Å². The predicted molar refractivity (Wildman–Crippen MR) is 243 cm³/mol. The largest absolute Gasteiger partial charge is 0.509 e. The summed E-state index contributed by atoms with van der Waals surface area (Å²) in [6, 6.07) is 58.4. The van der Waals surface area contributed by atoms with Crippen molar-refractivity contribution in [2.45, 2.75) is 52.4 Å². The summed E-state index contributed by atoms with van der Waals surface area (Å²) in [6.07, 6.45) is 4.13. The molecule has 59 heavy (non-hydrogen) atoms. The van der Waals surface area contributed by atoms with Gasteiger partial charge in [-0.2, -0.15) is 12.1 Å². The maximum absolute atomic E-state index is 6.59. The van der Waals surface area contributed by atoms with Gasteiger partial charge in [0.2, 0.25) is 0 Å². The monoisotopic (exact) mass is 952 g/mol. The molecule has 0 fully saturated rings. The molecule has 5 nitrogen and oxygen atoms in total. The number of para-hydroxylation sites is 1. The number of hydrogen-bond donors (Lipinski definition) is 0. The van der Waals surface area contributed by atoms with Crippen LogP contribution in [0.1, 0.15) is 58.2 Å². The molecular formula is C53H49N4OPt-3. The Labute approximate surface area is 363 Å². The standard InChI is InChI=1S/C52H46N4O.CH3.Pt/c1-51(2,3)39-26-27-53-50(31-39)56-47-23-14-13-22-45(47)46-25-24-44(33-48(46)56)57-43-21-15-20-41(32-43)54-34-49(37-18-11-8-12-19-37)55(35-54)42-29-38(36-16-9-7-10-17-36)28-40(30-42)52(4,5)6;;/h7-31,34H,35H2,1-6H3;1H3;/q-2;-1;. The number of benzene rings is 6. The maximum atomic E-state index is 6.59. The number of aromatic nitrogens is 2. The first-order chi connectivity index (χ1) is 27.5. The summed E-state index contributed by atoms with van der Waals surface area (Å²) in [5.41, 5.74) is 11.2. The summed E-state index contributed by atoms with van der Waals surface area (Å²) in [7, 11) is 0. The molecular weight excluding hydrogens is 904 g/mol. The molecule has 8 aromatic rings. The molecule has 0 saturated carbocycles. The number of ether oxygens (including phenoxy) is 1. The van der Waals surface area contributed by atoms with Crippen LogP contribution in [-0.2, 0) is 31.9 Å². The van der Waals surface area contributed by atoms with Crippen LogP contribution < -0.4 is 14.5 Å². The molecule has 6 heteroatoms. The van der Waals surface area contributed by atoms with Gasteiger partial charge in [0.05, 0.1) is 12.4 Å². The summed E-state index contributed by atoms with van der Waals surface area (Å²) >= 11 is 0. The van der Waals surface area contributed by atoms with Crippen molar-refractivity contribution >= 4 is 38.9 Å². The van der Waals surface area contributed by atoms with Gasteiger partial charge in [-0.1, -0.05) is 138 Å². The molecule has 300 valence electrons. The summed E-state index contributed by atoms with van der Waals surface area (Å²) in [6.45, 7) is 14.1. The van der Waals surface area contributed by atoms with Crippen molar-refractivity contribution in [2.75, 3.05) is 16.5 Å². The van der Waals surface area contributed by atoms with E-state index in [4.69, 9.17) is 9.72 Å². The number of anilines is 2. The van der Waals surface area contributed by atoms with E-state index in [1.807, 2.05) is 24.4 Å². The molecule has 0 amide bonds. The smallest absolute Gasteiger partial charge is 0.135 e. The average Bonchev–Trinajstić information content (AvgIpc) is 3.81. The number of pyridine rings is 1. The van der Waals surface area contributed by atoms with Crippen LogP contribution in [0.5, 0.6) is 11.5 Å². The van der Waals surface area contributed by atoms with Crippen LogP contribution in [-0.4, -0.2) is 16.2 Å². The zero-order valence-corrected chi connectivity index (χ0v) is 37.0. The Morgan fingerprint density at radius 2 is 1.27 bits per heavy atom. The molecule has 9 rings (SSSR count). The fourth-order valence-corrected chi connectivity index (χ4v) is 7.65. The summed E-state index contributed by atoms with van der Waals surface area (Å²) in [5, 5.41) is 2.25. The van der Waals surface area contributed by atoms with Gasteiger partial charge in [-0.25, -0.2) is 4.98 Å². The van der Waals surface area contributed by atoms with E-state index in [9.17, 15) is 0 Å². The van der Waals surface area contributed by atoms with Gasteiger partial charge in [-0.15, -0.1) is 35.7 Å². The molecule has 0 unspecified atom stereocenters. The number of nitrogens with zero attached hydrogens (tertiary/aromatic N) is 4. The molecule has 2 aromatic heterocycles. The van der Waals surface area contributed by atoms with Gasteiger partial charge in [0.25, 0.3) is 0 Å². The van der Waals surface area contributed by atoms with Crippen LogP contribution in [0.25, 0.3) is 44.4 Å². The Hall–Kier alpha value is -5.90. The Bertz CT molecular complexity index is 2780. The van der Waals surface area contributed by atoms with Crippen molar-refractivity contribution in [3.8, 4) is 28.4 Å². The third-order valence-electron chi connectivity index (χ3n) is 10.8. The molecule has 1 aliphatic heterocycles. The van der Waals surface area contributed by atoms with Gasteiger partial charge < -0.3 is 26.5 Å². The summed E-state index contributed by atoms with van der Waals surface area (Å²) < 4.78 is 8.78. The van der Waals surface area contributed by atoms with Crippen LogP contribution in [0, 0.1) is 19.6 Å². The topological polar surface area (TPSA) is 33.5 Å². The van der Waals surface area contributed by atoms with E-state index in [1.54, 1.807) is 0 Å². The average molecular weight is 953 g/mol. The van der Waals surface area contributed by atoms with Crippen LogP contribution in [0.3, 0.4) is 0 Å². The van der Waals surface area contributed by atoms with E-state index < -0.39 is 0 Å². The molecule has 1 aliphatic rings. The second-order valence-electron chi connectivity index (χ2n) is 16.9. The van der Waals surface area contributed by atoms with Gasteiger partial charge in [-0.05, 0) is 74.4 Å². The SMILES string of the molecule is CC(C)(C)c1cc(-c2ccccc2)cc(N2CN(c3[c-]c(Oc4[c-]c5c(cc4)c4ccccc4n5-c4cc(C(C)(C)C)ccn4)ccc3)C=C2c2ccccc2)c1.[CH3-].[Pt]. The van der Waals surface area contributed by atoms with Crippen LogP contribution in [0.2, 0.25) is 0 Å². The van der Waals surface area contributed by atoms with Crippen LogP contribution >= 0.6 is 0 Å². The van der Waals surface area contributed by atoms with E-state index in [-0.39, 0.29) is 39.3 Å². The van der Waals surface area contributed by atoms with Gasteiger partial charge in [0, 0.05) is 56.2 Å². The fourth-order valence-electron chi connectivity index (χ4n) is 7.65. The maximum Gasteiger partial charge on any atom is 0.135 e. The molecule has 0 saturated heterocycles. The molecule has 0 N–H and O–H groups in total. The van der Waals surface area contributed by atoms with Crippen LogP contribution in [0.15, 0.2) is 158 Å². The Kier molecular flexibility index (Phi) is 11.5. The summed E-state index contributed by atoms with van der Waals surface area (Å²) in [4.78, 5) is 9.49. The van der Waals surface area contributed by atoms with Gasteiger partial charge in [0.15, 0.2) is 0 Å². The normalized spacial score (nSPS) is 12.9. The van der Waals surface area contributed by atoms with Gasteiger partial charge >= 0.3 is 0 Å². The van der Waals surface area contributed by atoms with E-state index >= 15 is 0 Å². The number of rotatable bonds is 7. The first-order valence-electron chi connectivity index (χ1n) is 19.6. The van der Waals surface area contributed by atoms with Gasteiger partial charge in [-0.3, -0.25) is 0 Å². The molecule has 0 aliphatic carbocycles. The Morgan fingerprint density at radius 1 is 0.593 bits per heavy atom. The second-order valence-corrected chi connectivity index (χ2v) is 16.9. The van der Waals surface area contributed by atoms with E-state index in [0.717, 1.165) is 50.3 Å². The fraction of sp³-hybridized carbons (Fsp3) is 0.170. The van der Waals surface area contributed by atoms with Crippen molar-refractivity contribution in [1.82, 2.24) is 9.55 Å². The Morgan fingerprint density at radius 3 is 2.00 bits per heavy atom. The molecule has 0 spiro atoms. The molecule has 0 atom stereocenters. The van der Waals surface area contributed by atoms with E-state index in [0.29, 0.717) is 18.2 Å². The summed E-state index contributed by atoms with van der Waals surface area (Å²) in [5.74, 6) is 2.09. The van der Waals surface area contributed by atoms with Crippen molar-refractivity contribution < 1.29 is 25.8 Å². The van der Waals surface area contributed by atoms with Crippen molar-refractivity contribution in [2.24, 2.45) is 0 Å². The van der Waals surface area contributed by atoms with Crippen molar-refractivity contribution in [3.63, 3.8) is 0 Å². The minimum absolute atomic E-state index is 0.